The average molecular weight is 419 g/mol. The molecule has 25 heavy (non-hydrogen) atoms. The van der Waals surface area contributed by atoms with Gasteiger partial charge in [-0.3, -0.25) is 4.79 Å². The van der Waals surface area contributed by atoms with Crippen LogP contribution in [0.3, 0.4) is 0 Å². The van der Waals surface area contributed by atoms with Gasteiger partial charge in [0, 0.05) is 0 Å². The molecule has 0 aliphatic carbocycles. The SMILES string of the molecule is CC(=O)c1c(Cl)nc(C)c(Cl)c1C.Cc1nc(Cl)c(C#N)c(C)c1Cl. The number of rotatable bonds is 1. The summed E-state index contributed by atoms with van der Waals surface area (Å²) in [7, 11) is 0. The predicted molar refractivity (Wildman–Crippen MR) is 102 cm³/mol. The number of carbonyl (C=O) groups is 1. The Kier molecular flexibility index (Phi) is 7.64. The molecule has 2 heterocycles. The van der Waals surface area contributed by atoms with Crippen molar-refractivity contribution in [1.82, 2.24) is 9.97 Å². The molecule has 0 fully saturated rings. The van der Waals surface area contributed by atoms with Gasteiger partial charge in [-0.2, -0.15) is 5.26 Å². The summed E-state index contributed by atoms with van der Waals surface area (Å²) in [4.78, 5) is 19.1. The van der Waals surface area contributed by atoms with Crippen LogP contribution < -0.4 is 0 Å². The Bertz CT molecular complexity index is 889. The van der Waals surface area contributed by atoms with Crippen molar-refractivity contribution in [3.63, 3.8) is 0 Å². The van der Waals surface area contributed by atoms with Crippen molar-refractivity contribution in [2.75, 3.05) is 0 Å². The van der Waals surface area contributed by atoms with Crippen LogP contribution in [0.4, 0.5) is 0 Å². The average Bonchev–Trinajstić information content (AvgIpc) is 2.51. The topological polar surface area (TPSA) is 66.6 Å². The van der Waals surface area contributed by atoms with Crippen molar-refractivity contribution in [1.29, 1.82) is 5.26 Å². The van der Waals surface area contributed by atoms with Gasteiger partial charge >= 0.3 is 0 Å². The molecule has 0 aliphatic heterocycles. The van der Waals surface area contributed by atoms with Crippen LogP contribution >= 0.6 is 46.4 Å². The van der Waals surface area contributed by atoms with E-state index in [4.69, 9.17) is 51.7 Å². The molecule has 0 radical (unpaired) electrons. The summed E-state index contributed by atoms with van der Waals surface area (Å²) in [6, 6.07) is 1.95. The number of carbonyl (C=O) groups excluding carboxylic acids is 1. The molecular formula is C17H15Cl4N3O. The maximum atomic E-state index is 11.2. The molecule has 132 valence electrons. The summed E-state index contributed by atoms with van der Waals surface area (Å²) in [5.74, 6) is -0.114. The summed E-state index contributed by atoms with van der Waals surface area (Å²) in [6.45, 7) is 8.47. The van der Waals surface area contributed by atoms with Gasteiger partial charge in [-0.1, -0.05) is 46.4 Å². The standard InChI is InChI=1S/C9H9Cl2NO.C8H6Cl2N2/c1-4-7(6(3)13)9(11)12-5(2)8(4)10;1-4-6(3-11)8(10)12-5(2)7(4)9/h1-3H3;1-2H3. The van der Waals surface area contributed by atoms with Crippen molar-refractivity contribution >= 4 is 52.2 Å². The number of halogens is 4. The minimum absolute atomic E-state index is 0.114. The molecule has 0 atom stereocenters. The Hall–Kier alpha value is -1.38. The molecule has 0 saturated carbocycles. The number of nitriles is 1. The lowest BCUT2D eigenvalue weighted by Crippen LogP contribution is -2.02. The molecule has 0 saturated heterocycles. The van der Waals surface area contributed by atoms with E-state index in [2.05, 4.69) is 9.97 Å². The van der Waals surface area contributed by atoms with Gasteiger partial charge in [0.25, 0.3) is 0 Å². The van der Waals surface area contributed by atoms with Crippen LogP contribution in [0.1, 0.15) is 45.4 Å². The second-order valence-corrected chi connectivity index (χ2v) is 6.74. The molecule has 2 rings (SSSR count). The zero-order valence-electron chi connectivity index (χ0n) is 14.3. The van der Waals surface area contributed by atoms with E-state index in [9.17, 15) is 4.79 Å². The highest BCUT2D eigenvalue weighted by molar-refractivity contribution is 6.36. The molecule has 4 nitrogen and oxygen atoms in total. The zero-order valence-corrected chi connectivity index (χ0v) is 17.3. The number of aromatic nitrogens is 2. The van der Waals surface area contributed by atoms with Crippen molar-refractivity contribution < 1.29 is 4.79 Å². The number of hydrogen-bond acceptors (Lipinski definition) is 4. The Labute approximate surface area is 166 Å². The third-order valence-corrected chi connectivity index (χ3v) is 5.11. The highest BCUT2D eigenvalue weighted by Crippen LogP contribution is 2.27. The fourth-order valence-corrected chi connectivity index (χ4v) is 3.10. The van der Waals surface area contributed by atoms with Gasteiger partial charge in [-0.05, 0) is 45.7 Å². The minimum Gasteiger partial charge on any atom is -0.294 e. The summed E-state index contributed by atoms with van der Waals surface area (Å²) in [6.07, 6.45) is 0. The summed E-state index contributed by atoms with van der Waals surface area (Å²) in [5, 5.41) is 10.1. The van der Waals surface area contributed by atoms with E-state index >= 15 is 0 Å². The Morgan fingerprint density at radius 3 is 1.76 bits per heavy atom. The summed E-state index contributed by atoms with van der Waals surface area (Å²) in [5.41, 5.74) is 3.46. The first-order valence-electron chi connectivity index (χ1n) is 7.08. The van der Waals surface area contributed by atoms with Crippen LogP contribution in [0.15, 0.2) is 0 Å². The van der Waals surface area contributed by atoms with E-state index in [0.717, 1.165) is 0 Å². The Morgan fingerprint density at radius 1 is 0.880 bits per heavy atom. The molecule has 2 aromatic heterocycles. The second-order valence-electron chi connectivity index (χ2n) is 5.27. The van der Waals surface area contributed by atoms with Crippen molar-refractivity contribution in [2.45, 2.75) is 34.6 Å². The van der Waals surface area contributed by atoms with E-state index in [1.807, 2.05) is 6.07 Å². The molecule has 0 unspecified atom stereocenters. The second kappa shape index (κ2) is 8.82. The van der Waals surface area contributed by atoms with Gasteiger partial charge in [-0.15, -0.1) is 0 Å². The molecule has 0 spiro atoms. The monoisotopic (exact) mass is 417 g/mol. The summed E-state index contributed by atoms with van der Waals surface area (Å²) < 4.78 is 0. The van der Waals surface area contributed by atoms with Crippen LogP contribution in [0.5, 0.6) is 0 Å². The molecule has 0 amide bonds. The third kappa shape index (κ3) is 4.83. The molecule has 8 heteroatoms. The maximum absolute atomic E-state index is 11.2. The lowest BCUT2D eigenvalue weighted by Gasteiger charge is -2.08. The molecule has 0 aromatic carbocycles. The Balaban J connectivity index is 0.000000251. The Morgan fingerprint density at radius 2 is 1.32 bits per heavy atom. The number of ketones is 1. The normalized spacial score (nSPS) is 9.92. The first kappa shape index (κ1) is 21.7. The van der Waals surface area contributed by atoms with E-state index < -0.39 is 0 Å². The molecular weight excluding hydrogens is 404 g/mol. The molecule has 0 bridgehead atoms. The van der Waals surface area contributed by atoms with Gasteiger partial charge in [-0.25, -0.2) is 9.97 Å². The number of Topliss-reactive ketones (excluding diaryl/α,β-unsaturated/α-hetero) is 1. The largest absolute Gasteiger partial charge is 0.294 e. The lowest BCUT2D eigenvalue weighted by atomic mass is 10.1. The van der Waals surface area contributed by atoms with Crippen LogP contribution in [-0.4, -0.2) is 15.8 Å². The van der Waals surface area contributed by atoms with Gasteiger partial charge < -0.3 is 0 Å². The number of pyridine rings is 2. The number of aryl methyl sites for hydroxylation is 2. The maximum Gasteiger partial charge on any atom is 0.163 e. The lowest BCUT2D eigenvalue weighted by molar-refractivity contribution is 0.101. The number of hydrogen-bond donors (Lipinski definition) is 0. The first-order valence-corrected chi connectivity index (χ1v) is 8.59. The van der Waals surface area contributed by atoms with Gasteiger partial charge in [0.05, 0.1) is 32.6 Å². The van der Waals surface area contributed by atoms with Crippen molar-refractivity contribution in [3.05, 3.63) is 54.0 Å². The summed E-state index contributed by atoms with van der Waals surface area (Å²) >= 11 is 23.3. The molecule has 2 aromatic rings. The van der Waals surface area contributed by atoms with Gasteiger partial charge in [0.15, 0.2) is 5.78 Å². The molecule has 0 N–H and O–H groups in total. The minimum atomic E-state index is -0.114. The van der Waals surface area contributed by atoms with Crippen molar-refractivity contribution in [2.24, 2.45) is 0 Å². The smallest absolute Gasteiger partial charge is 0.163 e. The molecule has 0 aliphatic rings. The van der Waals surface area contributed by atoms with Crippen LogP contribution in [0, 0.1) is 39.0 Å². The predicted octanol–water partition coefficient (Wildman–Crippen LogP) is 6.08. The quantitative estimate of drug-likeness (QED) is 0.415. The van der Waals surface area contributed by atoms with Crippen LogP contribution in [-0.2, 0) is 0 Å². The fourth-order valence-electron chi connectivity index (χ4n) is 2.12. The van der Waals surface area contributed by atoms with Crippen LogP contribution in [0.25, 0.3) is 0 Å². The first-order chi connectivity index (χ1) is 11.5. The number of nitrogens with zero attached hydrogens (tertiary/aromatic N) is 3. The van der Waals surface area contributed by atoms with E-state index in [1.165, 1.54) is 6.92 Å². The van der Waals surface area contributed by atoms with Crippen molar-refractivity contribution in [3.8, 4) is 6.07 Å². The van der Waals surface area contributed by atoms with E-state index in [1.54, 1.807) is 27.7 Å². The van der Waals surface area contributed by atoms with Crippen LogP contribution in [0.2, 0.25) is 20.4 Å². The van der Waals surface area contributed by atoms with Gasteiger partial charge in [0.2, 0.25) is 0 Å². The zero-order chi connectivity index (χ0) is 19.5. The van der Waals surface area contributed by atoms with E-state index in [0.29, 0.717) is 43.7 Å². The third-order valence-electron chi connectivity index (χ3n) is 3.45. The highest BCUT2D eigenvalue weighted by atomic mass is 35.5. The van der Waals surface area contributed by atoms with Gasteiger partial charge in [0.1, 0.15) is 16.4 Å². The fraction of sp³-hybridized carbons (Fsp3) is 0.294. The van der Waals surface area contributed by atoms with E-state index in [-0.39, 0.29) is 16.1 Å². The highest BCUT2D eigenvalue weighted by Gasteiger charge is 2.15.